The van der Waals surface area contributed by atoms with Crippen molar-refractivity contribution in [3.05, 3.63) is 58.6 Å². The summed E-state index contributed by atoms with van der Waals surface area (Å²) >= 11 is 5.85. The van der Waals surface area contributed by atoms with Crippen LogP contribution in [0.2, 0.25) is 5.02 Å². The van der Waals surface area contributed by atoms with Gasteiger partial charge in [0, 0.05) is 5.69 Å². The Balaban J connectivity index is 2.28. The third-order valence-electron chi connectivity index (χ3n) is 2.44. The quantitative estimate of drug-likeness (QED) is 0.829. The van der Waals surface area contributed by atoms with Crippen LogP contribution in [0.1, 0.15) is 10.4 Å². The predicted molar refractivity (Wildman–Crippen MR) is 70.2 cm³/mol. The normalized spacial score (nSPS) is 10.3. The Bertz CT molecular complexity index is 647. The van der Waals surface area contributed by atoms with Crippen LogP contribution in [-0.2, 0) is 0 Å². The summed E-state index contributed by atoms with van der Waals surface area (Å²) in [6.45, 7) is 0. The van der Waals surface area contributed by atoms with Gasteiger partial charge in [-0.3, -0.25) is 4.79 Å². The molecule has 19 heavy (non-hydrogen) atoms. The molecule has 0 aromatic heterocycles. The molecule has 98 valence electrons. The average Bonchev–Trinajstić information content (AvgIpc) is 2.34. The van der Waals surface area contributed by atoms with Gasteiger partial charge < -0.3 is 11.1 Å². The van der Waals surface area contributed by atoms with Crippen LogP contribution in [0.4, 0.5) is 20.2 Å². The molecular formula is C13H9ClF2N2O. The van der Waals surface area contributed by atoms with Gasteiger partial charge in [0.05, 0.1) is 16.3 Å². The maximum Gasteiger partial charge on any atom is 0.257 e. The van der Waals surface area contributed by atoms with Crippen LogP contribution in [0.5, 0.6) is 0 Å². The Kier molecular flexibility index (Phi) is 3.66. The Morgan fingerprint density at radius 2 is 1.95 bits per heavy atom. The standard InChI is InChI=1S/C13H9ClF2N2O/c14-9-6-7(17)4-5-8(9)13(19)18-11-3-1-2-10(15)12(11)16/h1-6H,17H2,(H,18,19). The van der Waals surface area contributed by atoms with E-state index in [1.807, 2.05) is 0 Å². The van der Waals surface area contributed by atoms with E-state index in [1.165, 1.54) is 30.3 Å². The number of nitrogens with one attached hydrogen (secondary N) is 1. The number of carbonyl (C=O) groups excluding carboxylic acids is 1. The third kappa shape index (κ3) is 2.82. The van der Waals surface area contributed by atoms with Crippen molar-refractivity contribution in [2.75, 3.05) is 11.1 Å². The Labute approximate surface area is 113 Å². The molecule has 2 aromatic carbocycles. The van der Waals surface area contributed by atoms with Crippen molar-refractivity contribution in [2.45, 2.75) is 0 Å². The number of hydrogen-bond donors (Lipinski definition) is 2. The van der Waals surface area contributed by atoms with Gasteiger partial charge in [-0.2, -0.15) is 0 Å². The van der Waals surface area contributed by atoms with Crippen molar-refractivity contribution in [1.29, 1.82) is 0 Å². The number of amides is 1. The molecule has 0 bridgehead atoms. The van der Waals surface area contributed by atoms with Crippen LogP contribution >= 0.6 is 11.6 Å². The fourth-order valence-corrected chi connectivity index (χ4v) is 1.78. The molecule has 0 radical (unpaired) electrons. The monoisotopic (exact) mass is 282 g/mol. The first-order chi connectivity index (χ1) is 8.99. The fraction of sp³-hybridized carbons (Fsp3) is 0. The minimum atomic E-state index is -1.12. The second-order valence-corrected chi connectivity index (χ2v) is 4.20. The highest BCUT2D eigenvalue weighted by Gasteiger charge is 2.14. The first-order valence-electron chi connectivity index (χ1n) is 5.29. The molecule has 2 rings (SSSR count). The smallest absolute Gasteiger partial charge is 0.257 e. The van der Waals surface area contributed by atoms with Crippen molar-refractivity contribution in [3.63, 3.8) is 0 Å². The van der Waals surface area contributed by atoms with Gasteiger partial charge in [0.15, 0.2) is 11.6 Å². The highest BCUT2D eigenvalue weighted by Crippen LogP contribution is 2.22. The van der Waals surface area contributed by atoms with E-state index in [0.717, 1.165) is 6.07 Å². The van der Waals surface area contributed by atoms with Gasteiger partial charge in [-0.1, -0.05) is 17.7 Å². The summed E-state index contributed by atoms with van der Waals surface area (Å²) < 4.78 is 26.4. The SMILES string of the molecule is Nc1ccc(C(=O)Nc2cccc(F)c2F)c(Cl)c1. The van der Waals surface area contributed by atoms with E-state index in [9.17, 15) is 13.6 Å². The Morgan fingerprint density at radius 1 is 1.21 bits per heavy atom. The lowest BCUT2D eigenvalue weighted by atomic mass is 10.2. The summed E-state index contributed by atoms with van der Waals surface area (Å²) in [6, 6.07) is 7.80. The number of carbonyl (C=O) groups is 1. The predicted octanol–water partition coefficient (Wildman–Crippen LogP) is 3.45. The molecule has 0 aliphatic heterocycles. The molecule has 0 aliphatic carbocycles. The van der Waals surface area contributed by atoms with E-state index in [-0.39, 0.29) is 16.3 Å². The summed E-state index contributed by atoms with van der Waals surface area (Å²) in [6.07, 6.45) is 0. The van der Waals surface area contributed by atoms with Crippen molar-refractivity contribution in [1.82, 2.24) is 0 Å². The van der Waals surface area contributed by atoms with Crippen molar-refractivity contribution in [3.8, 4) is 0 Å². The lowest BCUT2D eigenvalue weighted by Crippen LogP contribution is -2.14. The number of nitrogens with two attached hydrogens (primary N) is 1. The highest BCUT2D eigenvalue weighted by molar-refractivity contribution is 6.34. The number of hydrogen-bond acceptors (Lipinski definition) is 2. The number of benzene rings is 2. The summed E-state index contributed by atoms with van der Waals surface area (Å²) in [4.78, 5) is 11.9. The largest absolute Gasteiger partial charge is 0.399 e. The zero-order valence-corrected chi connectivity index (χ0v) is 10.3. The lowest BCUT2D eigenvalue weighted by Gasteiger charge is -2.08. The van der Waals surface area contributed by atoms with E-state index >= 15 is 0 Å². The first-order valence-corrected chi connectivity index (χ1v) is 5.67. The molecule has 3 N–H and O–H groups in total. The van der Waals surface area contributed by atoms with Crippen LogP contribution in [0.15, 0.2) is 36.4 Å². The van der Waals surface area contributed by atoms with E-state index in [1.54, 1.807) is 0 Å². The maximum absolute atomic E-state index is 13.4. The maximum atomic E-state index is 13.4. The molecule has 0 unspecified atom stereocenters. The first kappa shape index (κ1) is 13.3. The van der Waals surface area contributed by atoms with Crippen molar-refractivity contribution in [2.24, 2.45) is 0 Å². The van der Waals surface area contributed by atoms with Crippen LogP contribution in [0.25, 0.3) is 0 Å². The molecule has 6 heteroatoms. The van der Waals surface area contributed by atoms with Gasteiger partial charge in [-0.25, -0.2) is 8.78 Å². The topological polar surface area (TPSA) is 55.1 Å². The van der Waals surface area contributed by atoms with Crippen molar-refractivity contribution >= 4 is 28.9 Å². The van der Waals surface area contributed by atoms with Crippen LogP contribution in [-0.4, -0.2) is 5.91 Å². The molecule has 0 spiro atoms. The summed E-state index contributed by atoms with van der Waals surface area (Å²) in [7, 11) is 0. The second kappa shape index (κ2) is 5.24. The molecule has 0 saturated carbocycles. The van der Waals surface area contributed by atoms with E-state index in [2.05, 4.69) is 5.32 Å². The average molecular weight is 283 g/mol. The van der Waals surface area contributed by atoms with Gasteiger partial charge in [-0.05, 0) is 30.3 Å². The van der Waals surface area contributed by atoms with E-state index < -0.39 is 17.5 Å². The molecule has 1 amide bonds. The van der Waals surface area contributed by atoms with Gasteiger partial charge >= 0.3 is 0 Å². The number of anilines is 2. The molecule has 3 nitrogen and oxygen atoms in total. The lowest BCUT2D eigenvalue weighted by molar-refractivity contribution is 0.102. The second-order valence-electron chi connectivity index (χ2n) is 3.79. The number of rotatable bonds is 2. The molecule has 0 fully saturated rings. The van der Waals surface area contributed by atoms with E-state index in [4.69, 9.17) is 17.3 Å². The highest BCUT2D eigenvalue weighted by atomic mass is 35.5. The Hall–Kier alpha value is -2.14. The Morgan fingerprint density at radius 3 is 2.63 bits per heavy atom. The molecule has 2 aromatic rings. The van der Waals surface area contributed by atoms with Gasteiger partial charge in [0.25, 0.3) is 5.91 Å². The summed E-state index contributed by atoms with van der Waals surface area (Å²) in [5.41, 5.74) is 5.77. The number of halogens is 3. The van der Waals surface area contributed by atoms with Gasteiger partial charge in [0.1, 0.15) is 0 Å². The number of nitrogen functional groups attached to an aromatic ring is 1. The summed E-state index contributed by atoms with van der Waals surface area (Å²) in [5.74, 6) is -2.81. The molecule has 0 heterocycles. The van der Waals surface area contributed by atoms with Crippen LogP contribution in [0.3, 0.4) is 0 Å². The zero-order valence-electron chi connectivity index (χ0n) is 9.58. The van der Waals surface area contributed by atoms with Crippen LogP contribution in [0, 0.1) is 11.6 Å². The van der Waals surface area contributed by atoms with Crippen LogP contribution < -0.4 is 11.1 Å². The van der Waals surface area contributed by atoms with E-state index in [0.29, 0.717) is 5.69 Å². The molecule has 0 aliphatic rings. The third-order valence-corrected chi connectivity index (χ3v) is 2.75. The van der Waals surface area contributed by atoms with Crippen molar-refractivity contribution < 1.29 is 13.6 Å². The minimum Gasteiger partial charge on any atom is -0.399 e. The summed E-state index contributed by atoms with van der Waals surface area (Å²) in [5, 5.41) is 2.38. The molecule has 0 saturated heterocycles. The fourth-order valence-electron chi connectivity index (χ4n) is 1.51. The zero-order chi connectivity index (χ0) is 14.0. The molecule has 0 atom stereocenters. The minimum absolute atomic E-state index is 0.125. The molecular weight excluding hydrogens is 274 g/mol. The van der Waals surface area contributed by atoms with Gasteiger partial charge in [0.2, 0.25) is 0 Å². The van der Waals surface area contributed by atoms with Gasteiger partial charge in [-0.15, -0.1) is 0 Å².